The van der Waals surface area contributed by atoms with E-state index in [1.807, 2.05) is 29.2 Å². The SMILES string of the molecule is COc1cc(C(=O)N2CCCC[C@H]2c2nc3ccccc3[nH]2)cc(OC)c1OC. The highest BCUT2D eigenvalue weighted by Crippen LogP contribution is 2.39. The summed E-state index contributed by atoms with van der Waals surface area (Å²) in [7, 11) is 4.64. The molecule has 0 saturated carbocycles. The molecule has 1 aromatic heterocycles. The maximum atomic E-state index is 13.5. The Morgan fingerprint density at radius 2 is 1.79 bits per heavy atom. The number of nitrogens with zero attached hydrogens (tertiary/aromatic N) is 2. The maximum Gasteiger partial charge on any atom is 0.254 e. The number of aromatic nitrogens is 2. The summed E-state index contributed by atoms with van der Waals surface area (Å²) in [6, 6.07) is 11.2. The lowest BCUT2D eigenvalue weighted by atomic mass is 10.00. The number of hydrogen-bond acceptors (Lipinski definition) is 5. The number of ether oxygens (including phenoxy) is 3. The molecule has 1 fully saturated rings. The lowest BCUT2D eigenvalue weighted by molar-refractivity contribution is 0.0600. The fourth-order valence-corrected chi connectivity index (χ4v) is 3.96. The number of likely N-dealkylation sites (tertiary alicyclic amines) is 1. The number of hydrogen-bond donors (Lipinski definition) is 1. The number of carbonyl (C=O) groups is 1. The van der Waals surface area contributed by atoms with Gasteiger partial charge in [-0.3, -0.25) is 4.79 Å². The van der Waals surface area contributed by atoms with Crippen molar-refractivity contribution < 1.29 is 19.0 Å². The molecule has 1 aliphatic heterocycles. The van der Waals surface area contributed by atoms with Crippen molar-refractivity contribution in [1.82, 2.24) is 14.9 Å². The van der Waals surface area contributed by atoms with Gasteiger partial charge in [0.2, 0.25) is 5.75 Å². The first kappa shape index (κ1) is 19.1. The molecule has 0 unspecified atom stereocenters. The van der Waals surface area contributed by atoms with Crippen LogP contribution in [0.4, 0.5) is 0 Å². The number of fused-ring (bicyclic) bond motifs is 1. The third-order valence-electron chi connectivity index (χ3n) is 5.40. The Bertz CT molecular complexity index is 972. The van der Waals surface area contributed by atoms with Crippen molar-refractivity contribution in [3.63, 3.8) is 0 Å². The zero-order chi connectivity index (χ0) is 20.4. The number of H-pyrrole nitrogens is 1. The van der Waals surface area contributed by atoms with Gasteiger partial charge in [-0.15, -0.1) is 0 Å². The quantitative estimate of drug-likeness (QED) is 0.708. The van der Waals surface area contributed by atoms with Gasteiger partial charge in [0.25, 0.3) is 5.91 Å². The van der Waals surface area contributed by atoms with Crippen molar-refractivity contribution in [3.05, 3.63) is 47.8 Å². The van der Waals surface area contributed by atoms with E-state index in [9.17, 15) is 4.79 Å². The molecule has 0 aliphatic carbocycles. The number of benzene rings is 2. The van der Waals surface area contributed by atoms with Crippen LogP contribution < -0.4 is 14.2 Å². The van der Waals surface area contributed by atoms with Gasteiger partial charge in [-0.25, -0.2) is 4.98 Å². The number of carbonyl (C=O) groups excluding carboxylic acids is 1. The molecule has 7 heteroatoms. The highest BCUT2D eigenvalue weighted by molar-refractivity contribution is 5.96. The molecule has 2 heterocycles. The molecule has 1 amide bonds. The lowest BCUT2D eigenvalue weighted by Crippen LogP contribution is -2.39. The van der Waals surface area contributed by atoms with E-state index in [0.717, 1.165) is 36.1 Å². The van der Waals surface area contributed by atoms with Gasteiger partial charge < -0.3 is 24.1 Å². The zero-order valence-electron chi connectivity index (χ0n) is 16.9. The Morgan fingerprint density at radius 3 is 2.45 bits per heavy atom. The first-order chi connectivity index (χ1) is 14.2. The second-order valence-electron chi connectivity index (χ2n) is 7.06. The Balaban J connectivity index is 1.70. The molecular weight excluding hydrogens is 370 g/mol. The van der Waals surface area contributed by atoms with E-state index in [2.05, 4.69) is 4.98 Å². The number of amides is 1. The van der Waals surface area contributed by atoms with Crippen LogP contribution in [0.5, 0.6) is 17.2 Å². The van der Waals surface area contributed by atoms with Gasteiger partial charge >= 0.3 is 0 Å². The molecule has 0 spiro atoms. The maximum absolute atomic E-state index is 13.5. The third-order valence-corrected chi connectivity index (χ3v) is 5.40. The van der Waals surface area contributed by atoms with Crippen molar-refractivity contribution in [2.45, 2.75) is 25.3 Å². The van der Waals surface area contributed by atoms with E-state index in [1.54, 1.807) is 33.5 Å². The average molecular weight is 395 g/mol. The van der Waals surface area contributed by atoms with Crippen LogP contribution in [0.1, 0.15) is 41.5 Å². The minimum atomic E-state index is -0.0947. The predicted octanol–water partition coefficient (Wildman–Crippen LogP) is 3.96. The molecule has 1 N–H and O–H groups in total. The summed E-state index contributed by atoms with van der Waals surface area (Å²) < 4.78 is 16.2. The van der Waals surface area contributed by atoms with Crippen LogP contribution in [0.25, 0.3) is 11.0 Å². The van der Waals surface area contributed by atoms with Crippen LogP contribution in [-0.2, 0) is 0 Å². The van der Waals surface area contributed by atoms with Crippen molar-refractivity contribution in [2.75, 3.05) is 27.9 Å². The molecule has 1 atom stereocenters. The second kappa shape index (κ2) is 8.03. The summed E-state index contributed by atoms with van der Waals surface area (Å²) in [6.45, 7) is 0.678. The van der Waals surface area contributed by atoms with E-state index < -0.39 is 0 Å². The first-order valence-electron chi connectivity index (χ1n) is 9.72. The molecule has 1 aliphatic rings. The summed E-state index contributed by atoms with van der Waals surface area (Å²) >= 11 is 0. The van der Waals surface area contributed by atoms with Gasteiger partial charge in [0.15, 0.2) is 11.5 Å². The highest BCUT2D eigenvalue weighted by Gasteiger charge is 2.32. The van der Waals surface area contributed by atoms with Gasteiger partial charge in [-0.1, -0.05) is 12.1 Å². The molecule has 0 radical (unpaired) electrons. The van der Waals surface area contributed by atoms with E-state index in [1.165, 1.54) is 0 Å². The minimum absolute atomic E-state index is 0.0746. The lowest BCUT2D eigenvalue weighted by Gasteiger charge is -2.34. The molecule has 0 bridgehead atoms. The van der Waals surface area contributed by atoms with Gasteiger partial charge in [-0.2, -0.15) is 0 Å². The Hall–Kier alpha value is -3.22. The van der Waals surface area contributed by atoms with Crippen molar-refractivity contribution >= 4 is 16.9 Å². The number of piperidine rings is 1. The van der Waals surface area contributed by atoms with E-state index in [0.29, 0.717) is 29.4 Å². The summed E-state index contributed by atoms with van der Waals surface area (Å²) in [6.07, 6.45) is 2.89. The number of para-hydroxylation sites is 2. The van der Waals surface area contributed by atoms with Gasteiger partial charge in [-0.05, 0) is 43.5 Å². The zero-order valence-corrected chi connectivity index (χ0v) is 16.9. The predicted molar refractivity (Wildman–Crippen MR) is 110 cm³/mol. The number of nitrogens with one attached hydrogen (secondary N) is 1. The monoisotopic (exact) mass is 395 g/mol. The number of methoxy groups -OCH3 is 3. The molecule has 4 rings (SSSR count). The minimum Gasteiger partial charge on any atom is -0.493 e. The standard InChI is InChI=1S/C22H25N3O4/c1-27-18-12-14(13-19(28-2)20(18)29-3)22(26)25-11-7-6-10-17(25)21-23-15-8-4-5-9-16(15)24-21/h4-5,8-9,12-13,17H,6-7,10-11H2,1-3H3,(H,23,24)/t17-/m0/s1. The van der Waals surface area contributed by atoms with Crippen LogP contribution >= 0.6 is 0 Å². The molecule has 7 nitrogen and oxygen atoms in total. The summed E-state index contributed by atoms with van der Waals surface area (Å²) in [5.74, 6) is 2.15. The van der Waals surface area contributed by atoms with E-state index >= 15 is 0 Å². The topological polar surface area (TPSA) is 76.7 Å². The smallest absolute Gasteiger partial charge is 0.254 e. The van der Waals surface area contributed by atoms with Crippen molar-refractivity contribution in [3.8, 4) is 17.2 Å². The van der Waals surface area contributed by atoms with Gasteiger partial charge in [0.1, 0.15) is 5.82 Å². The molecule has 29 heavy (non-hydrogen) atoms. The number of aromatic amines is 1. The summed E-state index contributed by atoms with van der Waals surface area (Å²) in [5, 5.41) is 0. The highest BCUT2D eigenvalue weighted by atomic mass is 16.5. The average Bonchev–Trinajstić information content (AvgIpc) is 3.21. The van der Waals surface area contributed by atoms with E-state index in [-0.39, 0.29) is 11.9 Å². The van der Waals surface area contributed by atoms with E-state index in [4.69, 9.17) is 19.2 Å². The Kier molecular flexibility index (Phi) is 5.29. The van der Waals surface area contributed by atoms with Crippen molar-refractivity contribution in [1.29, 1.82) is 0 Å². The van der Waals surface area contributed by atoms with Crippen molar-refractivity contribution in [2.24, 2.45) is 0 Å². The molecule has 2 aromatic carbocycles. The molecule has 152 valence electrons. The van der Waals surface area contributed by atoms with Gasteiger partial charge in [0.05, 0.1) is 38.4 Å². The largest absolute Gasteiger partial charge is 0.493 e. The fourth-order valence-electron chi connectivity index (χ4n) is 3.96. The normalized spacial score (nSPS) is 16.7. The van der Waals surface area contributed by atoms with Crippen LogP contribution in [0, 0.1) is 0 Å². The second-order valence-corrected chi connectivity index (χ2v) is 7.06. The van der Waals surface area contributed by atoms with Crippen LogP contribution in [-0.4, -0.2) is 48.6 Å². The number of imidazole rings is 1. The molecule has 3 aromatic rings. The fraction of sp³-hybridized carbons (Fsp3) is 0.364. The summed E-state index contributed by atoms with van der Waals surface area (Å²) in [4.78, 5) is 23.5. The first-order valence-corrected chi connectivity index (χ1v) is 9.72. The van der Waals surface area contributed by atoms with Gasteiger partial charge in [0, 0.05) is 12.1 Å². The Labute approximate surface area is 169 Å². The summed E-state index contributed by atoms with van der Waals surface area (Å²) in [5.41, 5.74) is 2.39. The van der Waals surface area contributed by atoms with Crippen LogP contribution in [0.3, 0.4) is 0 Å². The molecular formula is C22H25N3O4. The number of rotatable bonds is 5. The third kappa shape index (κ3) is 3.48. The molecule has 1 saturated heterocycles. The Morgan fingerprint density at radius 1 is 1.07 bits per heavy atom. The van der Waals surface area contributed by atoms with Crippen LogP contribution in [0.15, 0.2) is 36.4 Å². The van der Waals surface area contributed by atoms with Crippen LogP contribution in [0.2, 0.25) is 0 Å².